The molecule has 0 aromatic carbocycles. The van der Waals surface area contributed by atoms with E-state index in [9.17, 15) is 9.59 Å². The van der Waals surface area contributed by atoms with E-state index in [1.165, 1.54) is 6.92 Å². The van der Waals surface area contributed by atoms with E-state index in [-0.39, 0.29) is 17.7 Å². The molecule has 0 saturated carbocycles. The van der Waals surface area contributed by atoms with Crippen LogP contribution < -0.4 is 10.2 Å². The van der Waals surface area contributed by atoms with Gasteiger partial charge >= 0.3 is 0 Å². The van der Waals surface area contributed by atoms with Gasteiger partial charge < -0.3 is 15.1 Å². The van der Waals surface area contributed by atoms with Gasteiger partial charge in [0.05, 0.1) is 6.20 Å². The quantitative estimate of drug-likeness (QED) is 0.865. The lowest BCUT2D eigenvalue weighted by Gasteiger charge is -2.37. The third-order valence-corrected chi connectivity index (χ3v) is 3.76. The highest BCUT2D eigenvalue weighted by atomic mass is 16.2. The zero-order valence-corrected chi connectivity index (χ0v) is 13.3. The van der Waals surface area contributed by atoms with Crippen LogP contribution in [0.5, 0.6) is 0 Å². The zero-order valence-electron chi connectivity index (χ0n) is 13.3. The van der Waals surface area contributed by atoms with Crippen molar-refractivity contribution in [2.45, 2.75) is 26.8 Å². The van der Waals surface area contributed by atoms with Crippen LogP contribution in [-0.4, -0.2) is 58.9 Å². The van der Waals surface area contributed by atoms with Crippen molar-refractivity contribution in [2.75, 3.05) is 31.1 Å². The molecule has 7 heteroatoms. The second kappa shape index (κ2) is 7.20. The molecule has 2 amide bonds. The molecule has 1 atom stereocenters. The van der Waals surface area contributed by atoms with Gasteiger partial charge in [0, 0.05) is 45.5 Å². The van der Waals surface area contributed by atoms with Crippen molar-refractivity contribution in [1.82, 2.24) is 20.2 Å². The maximum absolute atomic E-state index is 12.6. The molecule has 2 heterocycles. The van der Waals surface area contributed by atoms with Gasteiger partial charge in [-0.05, 0) is 5.92 Å². The highest BCUT2D eigenvalue weighted by Gasteiger charge is 2.30. The van der Waals surface area contributed by atoms with Gasteiger partial charge in [0.15, 0.2) is 0 Å². The first-order valence-corrected chi connectivity index (χ1v) is 7.56. The highest BCUT2D eigenvalue weighted by molar-refractivity contribution is 5.87. The van der Waals surface area contributed by atoms with Gasteiger partial charge in [-0.2, -0.15) is 0 Å². The first-order valence-electron chi connectivity index (χ1n) is 7.56. The number of nitrogens with zero attached hydrogens (tertiary/aromatic N) is 4. The Bertz CT molecular complexity index is 512. The smallest absolute Gasteiger partial charge is 0.245 e. The molecule has 0 spiro atoms. The summed E-state index contributed by atoms with van der Waals surface area (Å²) in [5, 5.41) is 2.75. The summed E-state index contributed by atoms with van der Waals surface area (Å²) in [6.45, 7) is 8.00. The van der Waals surface area contributed by atoms with Gasteiger partial charge in [-0.25, -0.2) is 4.98 Å². The number of amides is 2. The van der Waals surface area contributed by atoms with E-state index in [2.05, 4.69) is 20.2 Å². The van der Waals surface area contributed by atoms with E-state index in [1.807, 2.05) is 18.7 Å². The van der Waals surface area contributed by atoms with Crippen molar-refractivity contribution in [2.24, 2.45) is 5.92 Å². The second-order valence-corrected chi connectivity index (χ2v) is 5.80. The lowest BCUT2D eigenvalue weighted by Crippen LogP contribution is -2.56. The van der Waals surface area contributed by atoms with Gasteiger partial charge in [-0.15, -0.1) is 0 Å². The summed E-state index contributed by atoms with van der Waals surface area (Å²) in [6, 6.07) is -0.458. The molecule has 1 N–H and O–H groups in total. The second-order valence-electron chi connectivity index (χ2n) is 5.80. The van der Waals surface area contributed by atoms with Crippen LogP contribution in [0.1, 0.15) is 20.8 Å². The maximum Gasteiger partial charge on any atom is 0.245 e. The van der Waals surface area contributed by atoms with Gasteiger partial charge in [-0.1, -0.05) is 13.8 Å². The number of carbonyl (C=O) groups excluding carboxylic acids is 2. The Morgan fingerprint density at radius 2 is 1.86 bits per heavy atom. The first kappa shape index (κ1) is 16.2. The monoisotopic (exact) mass is 305 g/mol. The number of nitrogens with one attached hydrogen (secondary N) is 1. The van der Waals surface area contributed by atoms with Crippen LogP contribution in [0.4, 0.5) is 5.82 Å². The summed E-state index contributed by atoms with van der Waals surface area (Å²) in [7, 11) is 0. The van der Waals surface area contributed by atoms with E-state index < -0.39 is 6.04 Å². The Morgan fingerprint density at radius 3 is 2.36 bits per heavy atom. The molecule has 7 nitrogen and oxygen atoms in total. The lowest BCUT2D eigenvalue weighted by molar-refractivity contribution is -0.137. The summed E-state index contributed by atoms with van der Waals surface area (Å²) in [4.78, 5) is 36.1. The van der Waals surface area contributed by atoms with Crippen molar-refractivity contribution in [3.8, 4) is 0 Å². The van der Waals surface area contributed by atoms with Crippen molar-refractivity contribution < 1.29 is 9.59 Å². The van der Waals surface area contributed by atoms with Crippen LogP contribution in [0.3, 0.4) is 0 Å². The maximum atomic E-state index is 12.6. The van der Waals surface area contributed by atoms with E-state index in [4.69, 9.17) is 0 Å². The molecule has 1 aromatic heterocycles. The third-order valence-electron chi connectivity index (χ3n) is 3.76. The number of aromatic nitrogens is 2. The van der Waals surface area contributed by atoms with Crippen LogP contribution in [0.25, 0.3) is 0 Å². The number of rotatable bonds is 4. The summed E-state index contributed by atoms with van der Waals surface area (Å²) in [5.41, 5.74) is 0. The molecule has 0 bridgehead atoms. The molecule has 120 valence electrons. The average Bonchev–Trinajstić information content (AvgIpc) is 2.52. The molecular formula is C15H23N5O2. The summed E-state index contributed by atoms with van der Waals surface area (Å²) < 4.78 is 0. The number of anilines is 1. The summed E-state index contributed by atoms with van der Waals surface area (Å²) >= 11 is 0. The minimum atomic E-state index is -0.458. The number of hydrogen-bond acceptors (Lipinski definition) is 5. The molecule has 1 aliphatic heterocycles. The zero-order chi connectivity index (χ0) is 16.1. The van der Waals surface area contributed by atoms with Crippen LogP contribution in [0.2, 0.25) is 0 Å². The van der Waals surface area contributed by atoms with Crippen LogP contribution in [0.15, 0.2) is 18.6 Å². The van der Waals surface area contributed by atoms with E-state index >= 15 is 0 Å². The molecule has 0 aliphatic carbocycles. The third kappa shape index (κ3) is 3.93. The largest absolute Gasteiger partial charge is 0.352 e. The average molecular weight is 305 g/mol. The summed E-state index contributed by atoms with van der Waals surface area (Å²) in [5.74, 6) is 0.709. The number of carbonyl (C=O) groups is 2. The molecule has 1 unspecified atom stereocenters. The Kier molecular flexibility index (Phi) is 5.30. The molecule has 1 aliphatic rings. The van der Waals surface area contributed by atoms with Crippen LogP contribution in [-0.2, 0) is 9.59 Å². The Balaban J connectivity index is 1.95. The summed E-state index contributed by atoms with van der Waals surface area (Å²) in [6.07, 6.45) is 5.04. The molecule has 1 fully saturated rings. The van der Waals surface area contributed by atoms with Crippen LogP contribution in [0, 0.1) is 5.92 Å². The Morgan fingerprint density at radius 1 is 1.18 bits per heavy atom. The fraction of sp³-hybridized carbons (Fsp3) is 0.600. The molecule has 22 heavy (non-hydrogen) atoms. The SMILES string of the molecule is CC(=O)NC(C(=O)N1CCN(c2cnccn2)CC1)C(C)C. The molecule has 2 rings (SSSR count). The first-order chi connectivity index (χ1) is 10.5. The lowest BCUT2D eigenvalue weighted by atomic mass is 10.0. The van der Waals surface area contributed by atoms with Crippen molar-refractivity contribution >= 4 is 17.6 Å². The van der Waals surface area contributed by atoms with E-state index in [0.717, 1.165) is 18.9 Å². The van der Waals surface area contributed by atoms with E-state index in [0.29, 0.717) is 13.1 Å². The minimum absolute atomic E-state index is 0.0102. The molecule has 0 radical (unpaired) electrons. The fourth-order valence-electron chi connectivity index (χ4n) is 2.54. The van der Waals surface area contributed by atoms with Crippen molar-refractivity contribution in [1.29, 1.82) is 0 Å². The van der Waals surface area contributed by atoms with E-state index in [1.54, 1.807) is 18.6 Å². The number of hydrogen-bond donors (Lipinski definition) is 1. The molecular weight excluding hydrogens is 282 g/mol. The van der Waals surface area contributed by atoms with Crippen molar-refractivity contribution in [3.05, 3.63) is 18.6 Å². The molecule has 1 aromatic rings. The fourth-order valence-corrected chi connectivity index (χ4v) is 2.54. The highest BCUT2D eigenvalue weighted by Crippen LogP contribution is 2.14. The Labute approximate surface area is 130 Å². The van der Waals surface area contributed by atoms with Crippen molar-refractivity contribution in [3.63, 3.8) is 0 Å². The van der Waals surface area contributed by atoms with Gasteiger partial charge in [0.2, 0.25) is 11.8 Å². The topological polar surface area (TPSA) is 78.4 Å². The molecule has 1 saturated heterocycles. The predicted octanol–water partition coefficient (Wildman–Crippen LogP) is 0.286. The van der Waals surface area contributed by atoms with Gasteiger partial charge in [0.25, 0.3) is 0 Å². The van der Waals surface area contributed by atoms with Gasteiger partial charge in [-0.3, -0.25) is 14.6 Å². The normalized spacial score (nSPS) is 16.5. The predicted molar refractivity (Wildman–Crippen MR) is 83.3 cm³/mol. The van der Waals surface area contributed by atoms with Gasteiger partial charge in [0.1, 0.15) is 11.9 Å². The number of piperazine rings is 1. The Hall–Kier alpha value is -2.18. The minimum Gasteiger partial charge on any atom is -0.352 e. The standard InChI is InChI=1S/C15H23N5O2/c1-11(2)14(18-12(3)21)15(22)20-8-6-19(7-9-20)13-10-16-4-5-17-13/h4-5,10-11,14H,6-9H2,1-3H3,(H,18,21). The van der Waals surface area contributed by atoms with Crippen LogP contribution >= 0.6 is 0 Å².